The van der Waals surface area contributed by atoms with Gasteiger partial charge in [0.05, 0.1) is 6.33 Å². The number of hydrogen-bond acceptors (Lipinski definition) is 5. The van der Waals surface area contributed by atoms with Crippen LogP contribution in [0.25, 0.3) is 0 Å². The molecule has 0 bridgehead atoms. The van der Waals surface area contributed by atoms with Gasteiger partial charge in [-0.2, -0.15) is 0 Å². The summed E-state index contributed by atoms with van der Waals surface area (Å²) < 4.78 is 2.12. The van der Waals surface area contributed by atoms with E-state index in [1.165, 1.54) is 17.7 Å². The van der Waals surface area contributed by atoms with Gasteiger partial charge in [0, 0.05) is 49.6 Å². The van der Waals surface area contributed by atoms with E-state index in [4.69, 9.17) is 0 Å². The Labute approximate surface area is 131 Å². The maximum atomic E-state index is 4.50. The number of nitrogens with zero attached hydrogens (tertiary/aromatic N) is 4. The molecule has 0 unspecified atom stereocenters. The number of aromatic nitrogens is 3. The van der Waals surface area contributed by atoms with Crippen LogP contribution in [0.5, 0.6) is 0 Å². The molecule has 2 aromatic heterocycles. The molecule has 6 heteroatoms. The predicted molar refractivity (Wildman–Crippen MR) is 88.8 cm³/mol. The number of anilines is 1. The SMILES string of the molecule is CCN(CC)c1ncc(CNCCCCn2ccnc2)s1. The summed E-state index contributed by atoms with van der Waals surface area (Å²) in [6.45, 7) is 9.40. The lowest BCUT2D eigenvalue weighted by molar-refractivity contribution is 0.569. The first-order chi connectivity index (χ1) is 10.3. The molecule has 1 N–H and O–H groups in total. The second-order valence-electron chi connectivity index (χ2n) is 4.97. The molecule has 0 amide bonds. The van der Waals surface area contributed by atoms with E-state index < -0.39 is 0 Å². The predicted octanol–water partition coefficient (Wildman–Crippen LogP) is 2.76. The van der Waals surface area contributed by atoms with Crippen LogP contribution in [-0.2, 0) is 13.1 Å². The molecular formula is C15H25N5S. The van der Waals surface area contributed by atoms with E-state index in [1.54, 1.807) is 11.3 Å². The second kappa shape index (κ2) is 8.79. The van der Waals surface area contributed by atoms with Crippen molar-refractivity contribution in [1.82, 2.24) is 19.9 Å². The molecule has 21 heavy (non-hydrogen) atoms. The van der Waals surface area contributed by atoms with Crippen LogP contribution in [0.3, 0.4) is 0 Å². The summed E-state index contributed by atoms with van der Waals surface area (Å²) in [6.07, 6.45) is 10.1. The molecule has 5 nitrogen and oxygen atoms in total. The molecule has 2 heterocycles. The topological polar surface area (TPSA) is 46.0 Å². The van der Waals surface area contributed by atoms with E-state index in [0.29, 0.717) is 0 Å². The highest BCUT2D eigenvalue weighted by Gasteiger charge is 2.07. The van der Waals surface area contributed by atoms with Crippen LogP contribution in [0.4, 0.5) is 5.13 Å². The first-order valence-corrected chi connectivity index (χ1v) is 8.51. The summed E-state index contributed by atoms with van der Waals surface area (Å²) in [5, 5.41) is 4.63. The summed E-state index contributed by atoms with van der Waals surface area (Å²) >= 11 is 1.79. The smallest absolute Gasteiger partial charge is 0.185 e. The Morgan fingerprint density at radius 2 is 2.14 bits per heavy atom. The molecule has 0 aliphatic heterocycles. The van der Waals surface area contributed by atoms with Gasteiger partial charge in [-0.15, -0.1) is 11.3 Å². The average molecular weight is 307 g/mol. The number of aryl methyl sites for hydroxylation is 1. The minimum Gasteiger partial charge on any atom is -0.349 e. The summed E-state index contributed by atoms with van der Waals surface area (Å²) in [6, 6.07) is 0. The van der Waals surface area contributed by atoms with E-state index in [9.17, 15) is 0 Å². The van der Waals surface area contributed by atoms with Gasteiger partial charge in [-0.3, -0.25) is 0 Å². The number of imidazole rings is 1. The van der Waals surface area contributed by atoms with Crippen LogP contribution in [0.2, 0.25) is 0 Å². The Balaban J connectivity index is 1.60. The van der Waals surface area contributed by atoms with Gasteiger partial charge in [-0.05, 0) is 33.2 Å². The van der Waals surface area contributed by atoms with Crippen LogP contribution >= 0.6 is 11.3 Å². The molecule has 0 aliphatic rings. The number of rotatable bonds is 10. The van der Waals surface area contributed by atoms with Crippen LogP contribution in [0, 0.1) is 0 Å². The standard InChI is InChI=1S/C15H25N5S/c1-3-20(4-2)15-18-12-14(21-15)11-16-7-5-6-9-19-10-8-17-13-19/h8,10,12-13,16H,3-7,9,11H2,1-2H3. The van der Waals surface area contributed by atoms with Crippen molar-refractivity contribution in [2.45, 2.75) is 39.8 Å². The van der Waals surface area contributed by atoms with E-state index in [1.807, 2.05) is 24.9 Å². The largest absolute Gasteiger partial charge is 0.349 e. The van der Waals surface area contributed by atoms with Gasteiger partial charge in [0.25, 0.3) is 0 Å². The zero-order valence-electron chi connectivity index (χ0n) is 13.0. The molecule has 0 spiro atoms. The van der Waals surface area contributed by atoms with Gasteiger partial charge in [0.15, 0.2) is 5.13 Å². The van der Waals surface area contributed by atoms with Gasteiger partial charge < -0.3 is 14.8 Å². The van der Waals surface area contributed by atoms with Gasteiger partial charge in [0.2, 0.25) is 0 Å². The molecule has 116 valence electrons. The highest BCUT2D eigenvalue weighted by molar-refractivity contribution is 7.15. The number of unbranched alkanes of at least 4 members (excludes halogenated alkanes) is 1. The summed E-state index contributed by atoms with van der Waals surface area (Å²) in [7, 11) is 0. The van der Waals surface area contributed by atoms with Gasteiger partial charge in [-0.25, -0.2) is 9.97 Å². The van der Waals surface area contributed by atoms with Crippen molar-refractivity contribution < 1.29 is 0 Å². The molecule has 0 atom stereocenters. The molecule has 0 aliphatic carbocycles. The average Bonchev–Trinajstić information content (AvgIpc) is 3.16. The van der Waals surface area contributed by atoms with E-state index in [0.717, 1.165) is 37.9 Å². The Hall–Kier alpha value is -1.40. The number of hydrogen-bond donors (Lipinski definition) is 1. The molecule has 0 fully saturated rings. The minimum absolute atomic E-state index is 0.921. The van der Waals surface area contributed by atoms with Gasteiger partial charge >= 0.3 is 0 Å². The fourth-order valence-corrected chi connectivity index (χ4v) is 3.20. The van der Waals surface area contributed by atoms with Crippen molar-refractivity contribution in [2.75, 3.05) is 24.5 Å². The highest BCUT2D eigenvalue weighted by Crippen LogP contribution is 2.21. The Morgan fingerprint density at radius 1 is 1.29 bits per heavy atom. The first kappa shape index (κ1) is 16.0. The van der Waals surface area contributed by atoms with Gasteiger partial charge in [-0.1, -0.05) is 0 Å². The quantitative estimate of drug-likeness (QED) is 0.686. The molecule has 0 aromatic carbocycles. The highest BCUT2D eigenvalue weighted by atomic mass is 32.1. The zero-order valence-corrected chi connectivity index (χ0v) is 13.8. The molecular weight excluding hydrogens is 282 g/mol. The minimum atomic E-state index is 0.921. The summed E-state index contributed by atoms with van der Waals surface area (Å²) in [4.78, 5) is 12.1. The monoisotopic (exact) mass is 307 g/mol. The van der Waals surface area contributed by atoms with Crippen LogP contribution in [-0.4, -0.2) is 34.2 Å². The fraction of sp³-hybridized carbons (Fsp3) is 0.600. The van der Waals surface area contributed by atoms with E-state index in [2.05, 4.69) is 38.6 Å². The molecule has 0 saturated carbocycles. The van der Waals surface area contributed by atoms with Crippen LogP contribution in [0.1, 0.15) is 31.6 Å². The maximum absolute atomic E-state index is 4.50. The number of thiazole rings is 1. The van der Waals surface area contributed by atoms with Crippen molar-refractivity contribution in [1.29, 1.82) is 0 Å². The van der Waals surface area contributed by atoms with Crippen molar-refractivity contribution in [3.8, 4) is 0 Å². The van der Waals surface area contributed by atoms with E-state index >= 15 is 0 Å². The third kappa shape index (κ3) is 5.13. The fourth-order valence-electron chi connectivity index (χ4n) is 2.19. The Bertz CT molecular complexity index is 490. The van der Waals surface area contributed by atoms with Crippen molar-refractivity contribution in [3.05, 3.63) is 29.8 Å². The first-order valence-electron chi connectivity index (χ1n) is 7.69. The zero-order chi connectivity index (χ0) is 14.9. The second-order valence-corrected chi connectivity index (χ2v) is 6.06. The summed E-state index contributed by atoms with van der Waals surface area (Å²) in [5.74, 6) is 0. The molecule has 0 saturated heterocycles. The van der Waals surface area contributed by atoms with Crippen molar-refractivity contribution in [2.24, 2.45) is 0 Å². The number of nitrogens with one attached hydrogen (secondary N) is 1. The molecule has 0 radical (unpaired) electrons. The lowest BCUT2D eigenvalue weighted by atomic mass is 10.3. The van der Waals surface area contributed by atoms with E-state index in [-0.39, 0.29) is 0 Å². The lowest BCUT2D eigenvalue weighted by Gasteiger charge is -2.16. The normalized spacial score (nSPS) is 11.0. The third-order valence-corrected chi connectivity index (χ3v) is 4.51. The Kier molecular flexibility index (Phi) is 6.69. The van der Waals surface area contributed by atoms with Crippen LogP contribution in [0.15, 0.2) is 24.9 Å². The van der Waals surface area contributed by atoms with Gasteiger partial charge in [0.1, 0.15) is 0 Å². The summed E-state index contributed by atoms with van der Waals surface area (Å²) in [5.41, 5.74) is 0. The molecule has 2 aromatic rings. The van der Waals surface area contributed by atoms with Crippen molar-refractivity contribution >= 4 is 16.5 Å². The molecule has 2 rings (SSSR count). The lowest BCUT2D eigenvalue weighted by Crippen LogP contribution is -2.21. The Morgan fingerprint density at radius 3 is 2.86 bits per heavy atom. The maximum Gasteiger partial charge on any atom is 0.185 e. The van der Waals surface area contributed by atoms with Crippen LogP contribution < -0.4 is 10.2 Å². The van der Waals surface area contributed by atoms with Crippen molar-refractivity contribution in [3.63, 3.8) is 0 Å². The third-order valence-electron chi connectivity index (χ3n) is 3.45.